The third kappa shape index (κ3) is 38.1. The van der Waals surface area contributed by atoms with Crippen molar-refractivity contribution in [2.45, 2.75) is 84.2 Å². The molecular formula is C100H126Cl2N14O27. The molecule has 0 aliphatic carbocycles. The summed E-state index contributed by atoms with van der Waals surface area (Å²) in [6.07, 6.45) is 28.5. The number of aldehydes is 2. The Kier molecular flexibility index (Phi) is 53.8. The van der Waals surface area contributed by atoms with E-state index in [9.17, 15) is 38.4 Å². The Bertz CT molecular complexity index is 6000. The van der Waals surface area contributed by atoms with Gasteiger partial charge in [-0.2, -0.15) is 0 Å². The number of hydrogen-bond acceptors (Lipinski definition) is 36. The van der Waals surface area contributed by atoms with Crippen LogP contribution in [0.3, 0.4) is 0 Å². The number of dihydropyridines is 1. The van der Waals surface area contributed by atoms with Gasteiger partial charge in [-0.05, 0) is 125 Å². The van der Waals surface area contributed by atoms with Gasteiger partial charge in [0.1, 0.15) is 69.1 Å². The van der Waals surface area contributed by atoms with Crippen molar-refractivity contribution >= 4 is 93.4 Å². The van der Waals surface area contributed by atoms with Gasteiger partial charge in [-0.15, -0.1) is 0 Å². The standard InChI is InChI=1S/C23H30N4O3.C14H17N3O.C10H13NO3.C9H11NO4.C9H11NO3.C8H7Cl2NO2.C8H9NO4.C8H11NO3.C8H9NO3.C3H8O/c1-29-21-14-22(30-2)25-15-18(21)5-9-26-10-7-19(8-11-26)27-12-6-16-3-4-17(23(24)28)13-20(16)27;15-14(18)11-2-1-10-5-8-17(13(10)9-11)12-3-6-16-7-4-12;1-12-5-4-8-7-11-10(14-3)6-9(8)13-2;1-12-7-4-8(13-2)10-5-6(7)9(11)14-3;1-12-8-5-9(13-2)10-6-7(8)3-4-11;1-2-13-8(12)5-4-11-7(10)3-6(5)9;1-2-13-8(12)5-4-9-7(11)3-6(5)10;2*1-11-7-3-8(12-2)9-4-6(7)5-10;1-3-4-2/h3-4,6,12-15,19,22,25H,5,7-11H2,1-2H3,(H2,24,28);1-2,5,8-9,12,16H,3-4,6-7H2,(H2,15,18);4-7H,1-3H3;4-5H,1-3H3;4-6H,3H2,1-2H3;3-4H,2H2,1H3;3-4H,2H2,1H3,(H2,9,10,11);3-4,10H,5H2,1-2H3;3-5H,1-2H3;3H2,1-2H3/b;;5-4+;;;;;;;. The number of amides is 2. The smallest absolute Gasteiger partial charge is 0.343 e. The number of carbonyl (C=O) groups is 7. The van der Waals surface area contributed by atoms with Crippen molar-refractivity contribution in [1.29, 1.82) is 0 Å². The molecule has 0 saturated carbocycles. The first-order valence-electron chi connectivity index (χ1n) is 44.2. The minimum absolute atomic E-state index is 0.0403. The number of likely N-dealkylation sites (tertiary alicyclic amines) is 1. The number of allylic oxidation sites excluding steroid dienone is 1. The summed E-state index contributed by atoms with van der Waals surface area (Å²) in [7, 11) is 23.2. The van der Waals surface area contributed by atoms with Crippen molar-refractivity contribution in [3.05, 3.63) is 247 Å². The van der Waals surface area contributed by atoms with Crippen LogP contribution in [0, 0.1) is 0 Å². The first-order valence-corrected chi connectivity index (χ1v) is 45.0. The SMILES string of the molecule is CCOC.CCOC(=O)c1c[nH]c(=O)cc1O.CCOC(=O)c1cnc(Cl)cc1Cl.CO/C=C/c1cnc(OC)cc1OC.COC(=O)c1cnc(OC)cc1OC.COC1=CC(OC)NC=C1CCN1CCC(n2ccc3ccc(C(N)=O)cc32)CC1.COc1cc(OC)c(C=O)cn1.COc1cc(OC)c(CC=O)cn1.COc1cc(OC)c(CO)cn1.NC(=O)c1ccc2ccn(C3CCNCC3)c2c1. The summed E-state index contributed by atoms with van der Waals surface area (Å²) in [6.45, 7) is 11.8. The quantitative estimate of drug-likeness (QED) is 0.00697. The molecule has 3 aliphatic rings. The predicted octanol–water partition coefficient (Wildman–Crippen LogP) is 12.8. The molecule has 9 N–H and O–H groups in total. The summed E-state index contributed by atoms with van der Waals surface area (Å²) in [5.41, 5.74) is 18.0. The van der Waals surface area contributed by atoms with E-state index in [1.54, 1.807) is 125 Å². The van der Waals surface area contributed by atoms with Crippen molar-refractivity contribution in [1.82, 2.24) is 59.6 Å². The normalized spacial score (nSPS) is 12.8. The van der Waals surface area contributed by atoms with Crippen LogP contribution >= 0.6 is 23.2 Å². The van der Waals surface area contributed by atoms with Gasteiger partial charge in [0.25, 0.3) is 5.56 Å². The summed E-state index contributed by atoms with van der Waals surface area (Å²) >= 11 is 11.3. The number of primary amides is 2. The zero-order valence-electron chi connectivity index (χ0n) is 83.2. The molecule has 43 heteroatoms. The van der Waals surface area contributed by atoms with Crippen molar-refractivity contribution in [3.63, 3.8) is 0 Å². The lowest BCUT2D eigenvalue weighted by atomic mass is 10.0. The van der Waals surface area contributed by atoms with E-state index in [-0.39, 0.29) is 63.9 Å². The van der Waals surface area contributed by atoms with Gasteiger partial charge in [0.05, 0.1) is 135 Å². The first-order chi connectivity index (χ1) is 69.0. The Morgan fingerprint density at radius 1 is 0.517 bits per heavy atom. The molecule has 0 radical (unpaired) electrons. The molecule has 143 heavy (non-hydrogen) atoms. The molecule has 9 aromatic heterocycles. The molecule has 1 atom stereocenters. The lowest BCUT2D eigenvalue weighted by Gasteiger charge is -2.33. The summed E-state index contributed by atoms with van der Waals surface area (Å²) in [4.78, 5) is 116. The van der Waals surface area contributed by atoms with E-state index < -0.39 is 23.5 Å². The number of aromatic nitrogens is 9. The highest BCUT2D eigenvalue weighted by molar-refractivity contribution is 6.36. The topological polar surface area (TPSA) is 516 Å². The van der Waals surface area contributed by atoms with Crippen LogP contribution in [0.25, 0.3) is 27.9 Å². The number of carbonyl (C=O) groups excluding carboxylic acids is 7. The van der Waals surface area contributed by atoms with E-state index in [1.807, 2.05) is 43.5 Å². The van der Waals surface area contributed by atoms with E-state index in [0.717, 1.165) is 123 Å². The van der Waals surface area contributed by atoms with Gasteiger partial charge < -0.3 is 137 Å². The number of aliphatic hydroxyl groups is 1. The maximum atomic E-state index is 11.6. The second kappa shape index (κ2) is 65.0. The van der Waals surface area contributed by atoms with E-state index in [0.29, 0.717) is 112 Å². The average Bonchev–Trinajstić information content (AvgIpc) is 1.66. The lowest BCUT2D eigenvalue weighted by molar-refractivity contribution is -0.107. The van der Waals surface area contributed by atoms with Crippen molar-refractivity contribution in [2.24, 2.45) is 11.5 Å². The molecule has 772 valence electrons. The fraction of sp³-hybridized carbons (Fsp3) is 0.360. The predicted molar refractivity (Wildman–Crippen MR) is 536 cm³/mol. The largest absolute Gasteiger partial charge is 0.507 e. The number of nitrogens with one attached hydrogen (secondary N) is 3. The first kappa shape index (κ1) is 118. The Morgan fingerprint density at radius 3 is 1.43 bits per heavy atom. The summed E-state index contributed by atoms with van der Waals surface area (Å²) in [5, 5.41) is 27.4. The van der Waals surface area contributed by atoms with Crippen LogP contribution in [0.4, 0.5) is 0 Å². The molecule has 0 bridgehead atoms. The van der Waals surface area contributed by atoms with Crippen molar-refractivity contribution in [3.8, 4) is 63.9 Å². The van der Waals surface area contributed by atoms with Crippen LogP contribution in [-0.2, 0) is 51.0 Å². The summed E-state index contributed by atoms with van der Waals surface area (Å²) in [6, 6.07) is 26.9. The molecule has 2 aromatic carbocycles. The van der Waals surface area contributed by atoms with Gasteiger partial charge in [0.15, 0.2) is 6.29 Å². The number of esters is 3. The van der Waals surface area contributed by atoms with Gasteiger partial charge in [0, 0.05) is 208 Å². The minimum atomic E-state index is -0.656. The average molecular weight is 2030 g/mol. The third-order valence-electron chi connectivity index (χ3n) is 20.8. The number of pyridine rings is 7. The van der Waals surface area contributed by atoms with Gasteiger partial charge in [0.2, 0.25) is 41.2 Å². The number of hydrogen-bond donors (Lipinski definition) is 7. The van der Waals surface area contributed by atoms with Crippen LogP contribution in [0.15, 0.2) is 181 Å². The van der Waals surface area contributed by atoms with Crippen molar-refractivity contribution < 1.29 is 124 Å². The number of ether oxygens (including phenoxy) is 17. The van der Waals surface area contributed by atoms with Crippen LogP contribution < -0.4 is 75.0 Å². The summed E-state index contributed by atoms with van der Waals surface area (Å²) < 4.78 is 88.3. The number of methoxy groups -OCH3 is 15. The molecular weight excluding hydrogens is 1900 g/mol. The highest BCUT2D eigenvalue weighted by Crippen LogP contribution is 2.33. The van der Waals surface area contributed by atoms with E-state index in [1.165, 1.54) is 105 Å². The number of benzene rings is 2. The fourth-order valence-electron chi connectivity index (χ4n) is 13.3. The van der Waals surface area contributed by atoms with Gasteiger partial charge in [-0.1, -0.05) is 35.3 Å². The highest BCUT2D eigenvalue weighted by Gasteiger charge is 2.25. The fourth-order valence-corrected chi connectivity index (χ4v) is 13.8. The number of aliphatic hydroxyl groups excluding tert-OH is 1. The van der Waals surface area contributed by atoms with E-state index in [4.69, 9.17) is 111 Å². The van der Waals surface area contributed by atoms with Crippen LogP contribution in [0.5, 0.6) is 63.9 Å². The van der Waals surface area contributed by atoms with Gasteiger partial charge in [-0.3, -0.25) is 19.2 Å². The third-order valence-corrected chi connectivity index (χ3v) is 21.4. The molecule has 1 unspecified atom stereocenters. The maximum Gasteiger partial charge on any atom is 0.343 e. The van der Waals surface area contributed by atoms with E-state index >= 15 is 0 Å². The molecule has 2 amide bonds. The van der Waals surface area contributed by atoms with Gasteiger partial charge >= 0.3 is 17.9 Å². The monoisotopic (exact) mass is 2020 g/mol. The van der Waals surface area contributed by atoms with Crippen LogP contribution in [0.2, 0.25) is 10.2 Å². The Balaban J connectivity index is 0.000000288. The number of halogens is 2. The number of aromatic hydroxyl groups is 1. The van der Waals surface area contributed by atoms with Gasteiger partial charge in [-0.25, -0.2) is 44.3 Å². The Morgan fingerprint density at radius 2 is 0.986 bits per heavy atom. The molecule has 2 saturated heterocycles. The number of aromatic amines is 1. The number of nitrogens with two attached hydrogens (primary N) is 2. The summed E-state index contributed by atoms with van der Waals surface area (Å²) in [5.74, 6) is 3.18. The van der Waals surface area contributed by atoms with Crippen LogP contribution in [-0.4, -0.2) is 267 Å². The molecule has 11 aromatic rings. The van der Waals surface area contributed by atoms with E-state index in [2.05, 4.69) is 98.3 Å². The molecule has 14 rings (SSSR count). The van der Waals surface area contributed by atoms with Crippen LogP contribution in [0.1, 0.15) is 144 Å². The number of nitrogens with zero attached hydrogens (tertiary/aromatic N) is 9. The molecule has 3 aliphatic heterocycles. The Hall–Kier alpha value is -15.1. The maximum absolute atomic E-state index is 11.6. The minimum Gasteiger partial charge on any atom is -0.507 e. The number of rotatable bonds is 31. The zero-order valence-corrected chi connectivity index (χ0v) is 84.7. The molecule has 2 fully saturated rings. The molecule has 41 nitrogen and oxygen atoms in total. The second-order valence-electron chi connectivity index (χ2n) is 29.5. The molecule has 12 heterocycles. The van der Waals surface area contributed by atoms with Crippen molar-refractivity contribution in [2.75, 3.05) is 159 Å². The highest BCUT2D eigenvalue weighted by atomic mass is 35.5. The number of piperidine rings is 2. The number of fused-ring (bicyclic) bond motifs is 2. The Labute approximate surface area is 838 Å². The molecule has 0 spiro atoms. The second-order valence-corrected chi connectivity index (χ2v) is 30.3. The zero-order chi connectivity index (χ0) is 105. The lowest BCUT2D eigenvalue weighted by Crippen LogP contribution is -2.36. The number of H-pyrrole nitrogens is 1.